The molecule has 0 unspecified atom stereocenters. The summed E-state index contributed by atoms with van der Waals surface area (Å²) in [5, 5.41) is 6.08. The van der Waals surface area contributed by atoms with E-state index in [9.17, 15) is 14.4 Å². The van der Waals surface area contributed by atoms with Gasteiger partial charge in [-0.2, -0.15) is 0 Å². The van der Waals surface area contributed by atoms with Crippen molar-refractivity contribution >= 4 is 18.0 Å². The average Bonchev–Trinajstić information content (AvgIpc) is 3.55. The number of hydrogen-bond donors (Lipinski definition) is 2. The number of nitrogens with one attached hydrogen (secondary N) is 2. The van der Waals surface area contributed by atoms with Gasteiger partial charge in [-0.1, -0.05) is 42.5 Å². The highest BCUT2D eigenvalue weighted by Gasteiger charge is 2.52. The van der Waals surface area contributed by atoms with Crippen molar-refractivity contribution in [3.8, 4) is 5.75 Å². The third-order valence-electron chi connectivity index (χ3n) is 8.26. The van der Waals surface area contributed by atoms with Crippen LogP contribution in [0.1, 0.15) is 62.1 Å². The van der Waals surface area contributed by atoms with Gasteiger partial charge in [-0.15, -0.1) is 0 Å². The van der Waals surface area contributed by atoms with E-state index in [0.717, 1.165) is 55.5 Å². The summed E-state index contributed by atoms with van der Waals surface area (Å²) in [6, 6.07) is 16.9. The summed E-state index contributed by atoms with van der Waals surface area (Å²) >= 11 is 0. The molecule has 3 aliphatic rings. The number of carbonyl (C=O) groups is 3. The predicted molar refractivity (Wildman–Crippen MR) is 146 cm³/mol. The van der Waals surface area contributed by atoms with Crippen molar-refractivity contribution in [2.45, 2.75) is 69.2 Å². The molecular formula is C30H38N4O5. The van der Waals surface area contributed by atoms with E-state index in [1.54, 1.807) is 7.11 Å². The zero-order chi connectivity index (χ0) is 27.2. The van der Waals surface area contributed by atoms with Crippen molar-refractivity contribution in [2.24, 2.45) is 0 Å². The van der Waals surface area contributed by atoms with E-state index in [1.165, 1.54) is 4.90 Å². The number of methoxy groups -OCH3 is 1. The van der Waals surface area contributed by atoms with Gasteiger partial charge in [-0.25, -0.2) is 9.59 Å². The summed E-state index contributed by atoms with van der Waals surface area (Å²) in [6.07, 6.45) is 5.59. The molecule has 3 fully saturated rings. The van der Waals surface area contributed by atoms with Gasteiger partial charge in [-0.05, 0) is 68.2 Å². The van der Waals surface area contributed by atoms with Crippen molar-refractivity contribution in [3.05, 3.63) is 65.7 Å². The molecule has 9 heteroatoms. The van der Waals surface area contributed by atoms with Crippen LogP contribution in [0, 0.1) is 0 Å². The monoisotopic (exact) mass is 534 g/mol. The second-order valence-corrected chi connectivity index (χ2v) is 10.8. The van der Waals surface area contributed by atoms with Gasteiger partial charge in [0, 0.05) is 19.6 Å². The van der Waals surface area contributed by atoms with E-state index >= 15 is 0 Å². The summed E-state index contributed by atoms with van der Waals surface area (Å²) in [6.45, 7) is 2.38. The summed E-state index contributed by atoms with van der Waals surface area (Å²) < 4.78 is 10.8. The summed E-state index contributed by atoms with van der Waals surface area (Å²) in [4.78, 5) is 42.4. The fourth-order valence-corrected chi connectivity index (χ4v) is 5.88. The number of benzene rings is 2. The number of amides is 4. The van der Waals surface area contributed by atoms with Crippen LogP contribution in [0.15, 0.2) is 54.6 Å². The Labute approximate surface area is 229 Å². The van der Waals surface area contributed by atoms with Crippen LogP contribution in [0.4, 0.5) is 9.59 Å². The fraction of sp³-hybridized carbons (Fsp3) is 0.500. The molecule has 2 saturated heterocycles. The SMILES string of the molecule is COc1ccc(CN2C(=O)NC3(CCN(CC[C@H](NC(=O)OC4CCCC4)c4ccccc4)CC3)C2=O)cc1. The zero-order valence-corrected chi connectivity index (χ0v) is 22.6. The van der Waals surface area contributed by atoms with Gasteiger partial charge in [-0.3, -0.25) is 9.69 Å². The average molecular weight is 535 g/mol. The number of rotatable bonds is 9. The highest BCUT2D eigenvalue weighted by Crippen LogP contribution is 2.31. The third kappa shape index (κ3) is 6.36. The minimum atomic E-state index is -0.845. The summed E-state index contributed by atoms with van der Waals surface area (Å²) in [5.74, 6) is 0.580. The largest absolute Gasteiger partial charge is 0.497 e. The second-order valence-electron chi connectivity index (χ2n) is 10.8. The predicted octanol–water partition coefficient (Wildman–Crippen LogP) is 4.38. The van der Waals surface area contributed by atoms with Crippen LogP contribution in [0.3, 0.4) is 0 Å². The van der Waals surface area contributed by atoms with Gasteiger partial charge in [0.25, 0.3) is 5.91 Å². The fourth-order valence-electron chi connectivity index (χ4n) is 5.88. The zero-order valence-electron chi connectivity index (χ0n) is 22.6. The lowest BCUT2D eigenvalue weighted by atomic mass is 9.87. The molecule has 2 N–H and O–H groups in total. The summed E-state index contributed by atoms with van der Waals surface area (Å²) in [5.41, 5.74) is 1.07. The maximum atomic E-state index is 13.4. The molecule has 5 rings (SSSR count). The Bertz CT molecular complexity index is 1140. The van der Waals surface area contributed by atoms with Crippen molar-refractivity contribution in [2.75, 3.05) is 26.7 Å². The molecule has 2 aliphatic heterocycles. The van der Waals surface area contributed by atoms with E-state index in [1.807, 2.05) is 54.6 Å². The molecule has 1 atom stereocenters. The van der Waals surface area contributed by atoms with Crippen molar-refractivity contribution in [1.29, 1.82) is 0 Å². The van der Waals surface area contributed by atoms with Crippen LogP contribution in [0.2, 0.25) is 0 Å². The van der Waals surface area contributed by atoms with Gasteiger partial charge in [0.1, 0.15) is 17.4 Å². The molecular weight excluding hydrogens is 496 g/mol. The Balaban J connectivity index is 1.15. The lowest BCUT2D eigenvalue weighted by Gasteiger charge is -2.37. The first-order chi connectivity index (χ1) is 19.0. The first-order valence-corrected chi connectivity index (χ1v) is 14.0. The van der Waals surface area contributed by atoms with Crippen LogP contribution < -0.4 is 15.4 Å². The Hall–Kier alpha value is -3.59. The number of imide groups is 1. The molecule has 208 valence electrons. The molecule has 0 bridgehead atoms. The van der Waals surface area contributed by atoms with Crippen LogP contribution >= 0.6 is 0 Å². The molecule has 1 saturated carbocycles. The standard InChI is InChI=1S/C30H38N4O5/c1-38-24-13-11-22(12-14-24)21-34-27(35)30(32-28(34)36)16-19-33(20-17-30)18-15-26(23-7-3-2-4-8-23)31-29(37)39-25-9-5-6-10-25/h2-4,7-8,11-14,25-26H,5-6,9-10,15-21H2,1H3,(H,31,37)(H,32,36)/t26-/m0/s1. The molecule has 2 aromatic carbocycles. The Kier molecular flexibility index (Phi) is 8.35. The quantitative estimate of drug-likeness (QED) is 0.463. The van der Waals surface area contributed by atoms with Gasteiger partial charge in [0.2, 0.25) is 0 Å². The maximum absolute atomic E-state index is 13.4. The number of alkyl carbamates (subject to hydrolysis) is 1. The van der Waals surface area contributed by atoms with Crippen molar-refractivity contribution < 1.29 is 23.9 Å². The molecule has 39 heavy (non-hydrogen) atoms. The van der Waals surface area contributed by atoms with E-state index < -0.39 is 5.54 Å². The Morgan fingerprint density at radius 3 is 2.41 bits per heavy atom. The van der Waals surface area contributed by atoms with Gasteiger partial charge >= 0.3 is 12.1 Å². The number of likely N-dealkylation sites (tertiary alicyclic amines) is 1. The molecule has 9 nitrogen and oxygen atoms in total. The first-order valence-electron chi connectivity index (χ1n) is 14.0. The molecule has 0 radical (unpaired) electrons. The smallest absolute Gasteiger partial charge is 0.407 e. The molecule has 4 amide bonds. The van der Waals surface area contributed by atoms with E-state index in [4.69, 9.17) is 9.47 Å². The number of nitrogens with zero attached hydrogens (tertiary/aromatic N) is 2. The molecule has 1 spiro atoms. The number of carbonyl (C=O) groups excluding carboxylic acids is 3. The van der Waals surface area contributed by atoms with Crippen molar-refractivity contribution in [3.63, 3.8) is 0 Å². The Morgan fingerprint density at radius 2 is 1.74 bits per heavy atom. The van der Waals surface area contributed by atoms with E-state index in [-0.39, 0.29) is 36.7 Å². The Morgan fingerprint density at radius 1 is 1.05 bits per heavy atom. The van der Waals surface area contributed by atoms with Crippen LogP contribution in [-0.2, 0) is 16.1 Å². The van der Waals surface area contributed by atoms with Gasteiger partial charge in [0.05, 0.1) is 19.7 Å². The minimum absolute atomic E-state index is 0.0168. The van der Waals surface area contributed by atoms with E-state index in [0.29, 0.717) is 25.9 Å². The number of urea groups is 1. The highest BCUT2D eigenvalue weighted by atomic mass is 16.6. The molecule has 1 aliphatic carbocycles. The molecule has 0 aromatic heterocycles. The second kappa shape index (κ2) is 12.1. The number of ether oxygens (including phenoxy) is 2. The van der Waals surface area contributed by atoms with Crippen LogP contribution in [0.25, 0.3) is 0 Å². The molecule has 2 heterocycles. The third-order valence-corrected chi connectivity index (χ3v) is 8.26. The topological polar surface area (TPSA) is 100 Å². The van der Waals surface area contributed by atoms with Crippen molar-refractivity contribution in [1.82, 2.24) is 20.4 Å². The lowest BCUT2D eigenvalue weighted by molar-refractivity contribution is -0.133. The lowest BCUT2D eigenvalue weighted by Crippen LogP contribution is -2.55. The highest BCUT2D eigenvalue weighted by molar-refractivity contribution is 6.07. The van der Waals surface area contributed by atoms with E-state index in [2.05, 4.69) is 15.5 Å². The normalized spacial score (nSPS) is 20.2. The number of hydrogen-bond acceptors (Lipinski definition) is 6. The van der Waals surface area contributed by atoms with Gasteiger partial charge < -0.3 is 25.0 Å². The van der Waals surface area contributed by atoms with Crippen LogP contribution in [0.5, 0.6) is 5.75 Å². The van der Waals surface area contributed by atoms with Crippen LogP contribution in [-0.4, -0.2) is 66.2 Å². The molecule has 2 aromatic rings. The van der Waals surface area contributed by atoms with Gasteiger partial charge in [0.15, 0.2) is 0 Å². The number of piperidine rings is 1. The first kappa shape index (κ1) is 27.0. The maximum Gasteiger partial charge on any atom is 0.407 e. The minimum Gasteiger partial charge on any atom is -0.497 e. The summed E-state index contributed by atoms with van der Waals surface area (Å²) in [7, 11) is 1.60.